The van der Waals surface area contributed by atoms with Gasteiger partial charge in [-0.3, -0.25) is 9.48 Å². The van der Waals surface area contributed by atoms with Gasteiger partial charge in [-0.1, -0.05) is 0 Å². The molecule has 5 nitrogen and oxygen atoms in total. The average Bonchev–Trinajstić information content (AvgIpc) is 2.66. The zero-order valence-electron chi connectivity index (χ0n) is 9.97. The summed E-state index contributed by atoms with van der Waals surface area (Å²) in [4.78, 5) is 13.6. The Morgan fingerprint density at radius 1 is 1.62 bits per heavy atom. The van der Waals surface area contributed by atoms with Crippen LogP contribution >= 0.6 is 0 Å². The first-order valence-electron chi connectivity index (χ1n) is 5.60. The quantitative estimate of drug-likeness (QED) is 0.785. The Morgan fingerprint density at radius 3 is 2.81 bits per heavy atom. The fourth-order valence-corrected chi connectivity index (χ4v) is 2.48. The Labute approximate surface area is 95.2 Å². The maximum Gasteiger partial charge on any atom is 0.224 e. The molecule has 88 valence electrons. The molecule has 0 aliphatic carbocycles. The summed E-state index contributed by atoms with van der Waals surface area (Å²) in [6.07, 6.45) is 0.433. The van der Waals surface area contributed by atoms with Crippen LogP contribution in [0.5, 0.6) is 0 Å². The van der Waals surface area contributed by atoms with Gasteiger partial charge >= 0.3 is 0 Å². The lowest BCUT2D eigenvalue weighted by molar-refractivity contribution is -0.128. The van der Waals surface area contributed by atoms with E-state index in [0.717, 1.165) is 11.4 Å². The normalized spacial score (nSPS) is 25.5. The summed E-state index contributed by atoms with van der Waals surface area (Å²) in [7, 11) is 1.89. The van der Waals surface area contributed by atoms with Crippen LogP contribution in [0, 0.1) is 6.92 Å². The molecule has 2 N–H and O–H groups in total. The topological polar surface area (TPSA) is 64.2 Å². The van der Waals surface area contributed by atoms with Crippen LogP contribution in [0.25, 0.3) is 0 Å². The highest BCUT2D eigenvalue weighted by Gasteiger charge is 2.39. The van der Waals surface area contributed by atoms with Crippen molar-refractivity contribution in [1.82, 2.24) is 14.7 Å². The second kappa shape index (κ2) is 3.90. The number of carbonyl (C=O) groups is 1. The van der Waals surface area contributed by atoms with E-state index in [1.54, 1.807) is 0 Å². The van der Waals surface area contributed by atoms with Crippen molar-refractivity contribution in [2.45, 2.75) is 32.4 Å². The first-order chi connectivity index (χ1) is 7.54. The van der Waals surface area contributed by atoms with E-state index in [9.17, 15) is 4.79 Å². The van der Waals surface area contributed by atoms with E-state index in [-0.39, 0.29) is 18.0 Å². The summed E-state index contributed by atoms with van der Waals surface area (Å²) in [5, 5.41) is 4.31. The van der Waals surface area contributed by atoms with Crippen LogP contribution in [-0.2, 0) is 11.8 Å². The summed E-state index contributed by atoms with van der Waals surface area (Å²) in [6, 6.07) is 1.86. The number of aromatic nitrogens is 2. The lowest BCUT2D eigenvalue weighted by Crippen LogP contribution is -2.34. The van der Waals surface area contributed by atoms with E-state index in [1.165, 1.54) is 0 Å². The molecule has 1 aromatic rings. The van der Waals surface area contributed by atoms with Crippen molar-refractivity contribution in [3.63, 3.8) is 0 Å². The molecule has 1 aliphatic rings. The van der Waals surface area contributed by atoms with E-state index >= 15 is 0 Å². The van der Waals surface area contributed by atoms with Gasteiger partial charge in [-0.05, 0) is 19.9 Å². The summed E-state index contributed by atoms with van der Waals surface area (Å²) < 4.78 is 1.82. The molecule has 16 heavy (non-hydrogen) atoms. The minimum atomic E-state index is -0.123. The number of likely N-dealkylation sites (tertiary alicyclic amines) is 1. The third-order valence-corrected chi connectivity index (χ3v) is 3.15. The monoisotopic (exact) mass is 222 g/mol. The van der Waals surface area contributed by atoms with Gasteiger partial charge in [-0.15, -0.1) is 0 Å². The predicted molar refractivity (Wildman–Crippen MR) is 60.7 cm³/mol. The number of nitrogens with two attached hydrogens (primary N) is 1. The molecule has 0 unspecified atom stereocenters. The van der Waals surface area contributed by atoms with Crippen LogP contribution in [0.2, 0.25) is 0 Å². The fraction of sp³-hybridized carbons (Fsp3) is 0.636. The van der Waals surface area contributed by atoms with Crippen LogP contribution in [0.3, 0.4) is 0 Å². The minimum absolute atomic E-state index is 0.0244. The van der Waals surface area contributed by atoms with Gasteiger partial charge in [0.25, 0.3) is 0 Å². The highest BCUT2D eigenvalue weighted by Crippen LogP contribution is 2.31. The smallest absolute Gasteiger partial charge is 0.224 e. The number of carbonyl (C=O) groups excluding carboxylic acids is 1. The van der Waals surface area contributed by atoms with Gasteiger partial charge in [-0.25, -0.2) is 0 Å². The molecule has 0 radical (unpaired) electrons. The van der Waals surface area contributed by atoms with Crippen molar-refractivity contribution < 1.29 is 4.79 Å². The third kappa shape index (κ3) is 1.61. The van der Waals surface area contributed by atoms with E-state index in [1.807, 2.05) is 36.5 Å². The lowest BCUT2D eigenvalue weighted by atomic mass is 10.1. The predicted octanol–water partition coefficient (Wildman–Crippen LogP) is 0.349. The molecule has 1 fully saturated rings. The number of aryl methyl sites for hydroxylation is 2. The molecule has 2 heterocycles. The molecule has 1 aromatic heterocycles. The maximum atomic E-state index is 11.7. The SMILES string of the molecule is CCN1C(=O)C[C@H](N)[C@H]1c1cc(C)nn1C. The average molecular weight is 222 g/mol. The summed E-state index contributed by atoms with van der Waals surface area (Å²) in [5.74, 6) is 0.138. The Bertz CT molecular complexity index is 412. The Morgan fingerprint density at radius 2 is 2.31 bits per heavy atom. The van der Waals surface area contributed by atoms with Crippen molar-refractivity contribution in [2.75, 3.05) is 6.54 Å². The zero-order chi connectivity index (χ0) is 11.9. The molecular weight excluding hydrogens is 204 g/mol. The largest absolute Gasteiger partial charge is 0.333 e. The van der Waals surface area contributed by atoms with Gasteiger partial charge in [0.15, 0.2) is 0 Å². The maximum absolute atomic E-state index is 11.7. The molecule has 5 heteroatoms. The van der Waals surface area contributed by atoms with Crippen molar-refractivity contribution in [2.24, 2.45) is 12.8 Å². The van der Waals surface area contributed by atoms with Crippen molar-refractivity contribution >= 4 is 5.91 Å². The van der Waals surface area contributed by atoms with Crippen molar-refractivity contribution in [3.05, 3.63) is 17.5 Å². The second-order valence-electron chi connectivity index (χ2n) is 4.33. The van der Waals surface area contributed by atoms with Crippen LogP contribution in [0.15, 0.2) is 6.07 Å². The van der Waals surface area contributed by atoms with Gasteiger partial charge in [0.05, 0.1) is 17.4 Å². The number of amides is 1. The molecule has 1 saturated heterocycles. The molecular formula is C11H18N4O. The number of likely N-dealkylation sites (N-methyl/N-ethyl adjacent to an activating group) is 1. The Balaban J connectivity index is 2.38. The molecule has 0 aromatic carbocycles. The number of rotatable bonds is 2. The minimum Gasteiger partial charge on any atom is -0.333 e. The van der Waals surface area contributed by atoms with Crippen LogP contribution in [-0.4, -0.2) is 33.2 Å². The van der Waals surface area contributed by atoms with E-state index in [2.05, 4.69) is 5.10 Å². The van der Waals surface area contributed by atoms with E-state index in [4.69, 9.17) is 5.73 Å². The highest BCUT2D eigenvalue weighted by molar-refractivity contribution is 5.80. The first kappa shape index (κ1) is 11.1. The number of hydrogen-bond acceptors (Lipinski definition) is 3. The van der Waals surface area contributed by atoms with Crippen LogP contribution in [0.4, 0.5) is 0 Å². The molecule has 0 spiro atoms. The standard InChI is InChI=1S/C11H18N4O/c1-4-15-10(16)6-8(12)11(15)9-5-7(2)13-14(9)3/h5,8,11H,4,6,12H2,1-3H3/t8-,11-/m0/s1. The van der Waals surface area contributed by atoms with Crippen LogP contribution in [0.1, 0.15) is 30.8 Å². The van der Waals surface area contributed by atoms with Crippen molar-refractivity contribution in [3.8, 4) is 0 Å². The summed E-state index contributed by atoms with van der Waals surface area (Å²) >= 11 is 0. The Hall–Kier alpha value is -1.36. The lowest BCUT2D eigenvalue weighted by Gasteiger charge is -2.25. The van der Waals surface area contributed by atoms with Crippen LogP contribution < -0.4 is 5.73 Å². The molecule has 2 atom stereocenters. The zero-order valence-corrected chi connectivity index (χ0v) is 9.97. The molecule has 0 bridgehead atoms. The summed E-state index contributed by atoms with van der Waals surface area (Å²) in [6.45, 7) is 4.62. The molecule has 1 aliphatic heterocycles. The Kier molecular flexibility index (Phi) is 2.71. The molecule has 2 rings (SSSR count). The van der Waals surface area contributed by atoms with Gasteiger partial charge < -0.3 is 10.6 Å². The van der Waals surface area contributed by atoms with Crippen molar-refractivity contribution in [1.29, 1.82) is 0 Å². The molecule has 1 amide bonds. The van der Waals surface area contributed by atoms with Gasteiger partial charge in [0, 0.05) is 26.1 Å². The van der Waals surface area contributed by atoms with E-state index < -0.39 is 0 Å². The van der Waals surface area contributed by atoms with Gasteiger partial charge in [0.1, 0.15) is 0 Å². The fourth-order valence-electron chi connectivity index (χ4n) is 2.48. The first-order valence-corrected chi connectivity index (χ1v) is 5.60. The second-order valence-corrected chi connectivity index (χ2v) is 4.33. The summed E-state index contributed by atoms with van der Waals surface area (Å²) in [5.41, 5.74) is 8.03. The highest BCUT2D eigenvalue weighted by atomic mass is 16.2. The number of hydrogen-bond donors (Lipinski definition) is 1. The van der Waals surface area contributed by atoms with Gasteiger partial charge in [0.2, 0.25) is 5.91 Å². The molecule has 0 saturated carbocycles. The number of nitrogens with zero attached hydrogens (tertiary/aromatic N) is 3. The van der Waals surface area contributed by atoms with E-state index in [0.29, 0.717) is 13.0 Å². The van der Waals surface area contributed by atoms with Gasteiger partial charge in [-0.2, -0.15) is 5.10 Å². The third-order valence-electron chi connectivity index (χ3n) is 3.15.